The van der Waals surface area contributed by atoms with Crippen molar-refractivity contribution in [1.82, 2.24) is 0 Å². The van der Waals surface area contributed by atoms with Crippen LogP contribution >= 0.6 is 0 Å². The number of ether oxygens (including phenoxy) is 1. The molecule has 4 saturated carbocycles. The maximum Gasteiger partial charge on any atom is 0.0795 e. The molecular weight excluding hydrogens is 346 g/mol. The predicted octanol–water partition coefficient (Wildman–Crippen LogP) is 5.82. The molecule has 6 rings (SSSR count). The number of rotatable bonds is 2. The van der Waals surface area contributed by atoms with Crippen LogP contribution in [0.2, 0.25) is 0 Å². The summed E-state index contributed by atoms with van der Waals surface area (Å²) in [6.07, 6.45) is 15.2. The highest BCUT2D eigenvalue weighted by Gasteiger charge is 2.78. The number of nitrogens with zero attached hydrogens (tertiary/aromatic N) is 1. The Hall–Kier alpha value is -0.830. The molecule has 0 aromatic heterocycles. The smallest absolute Gasteiger partial charge is 0.0795 e. The van der Waals surface area contributed by atoms with E-state index in [-0.39, 0.29) is 5.60 Å². The minimum Gasteiger partial charge on any atom is -0.411 e. The minimum absolute atomic E-state index is 0.250. The molecule has 9 atom stereocenters. The van der Waals surface area contributed by atoms with Gasteiger partial charge in [0, 0.05) is 12.0 Å². The summed E-state index contributed by atoms with van der Waals surface area (Å²) in [7, 11) is 0. The third kappa shape index (κ3) is 2.03. The molecule has 5 fully saturated rings. The topological polar surface area (TPSA) is 41.8 Å². The lowest BCUT2D eigenvalue weighted by atomic mass is 9.45. The Kier molecular flexibility index (Phi) is 3.91. The van der Waals surface area contributed by atoms with Crippen LogP contribution in [0.15, 0.2) is 16.8 Å². The van der Waals surface area contributed by atoms with Crippen LogP contribution in [0.3, 0.4) is 0 Å². The molecule has 3 nitrogen and oxygen atoms in total. The molecule has 0 aromatic rings. The molecule has 1 aliphatic heterocycles. The lowest BCUT2D eigenvalue weighted by Crippen LogP contribution is -2.57. The van der Waals surface area contributed by atoms with Crippen molar-refractivity contribution in [2.45, 2.75) is 83.7 Å². The second-order valence-electron chi connectivity index (χ2n) is 11.0. The summed E-state index contributed by atoms with van der Waals surface area (Å²) in [4.78, 5) is 0. The molecule has 6 aliphatic rings. The van der Waals surface area contributed by atoms with Gasteiger partial charge in [0.1, 0.15) is 0 Å². The molecule has 8 unspecified atom stereocenters. The van der Waals surface area contributed by atoms with Gasteiger partial charge in [0.15, 0.2) is 0 Å². The average molecular weight is 384 g/mol. The van der Waals surface area contributed by atoms with Gasteiger partial charge in [-0.3, -0.25) is 0 Å². The number of hydrogen-bond donors (Lipinski definition) is 1. The predicted molar refractivity (Wildman–Crippen MR) is 110 cm³/mol. The van der Waals surface area contributed by atoms with E-state index in [1.807, 2.05) is 0 Å². The Morgan fingerprint density at radius 3 is 2.82 bits per heavy atom. The molecule has 0 aromatic carbocycles. The Labute approximate surface area is 170 Å². The van der Waals surface area contributed by atoms with E-state index in [9.17, 15) is 5.21 Å². The van der Waals surface area contributed by atoms with Crippen molar-refractivity contribution >= 4 is 5.71 Å². The Balaban J connectivity index is 1.41. The molecule has 1 saturated heterocycles. The first-order valence-corrected chi connectivity index (χ1v) is 12.2. The Morgan fingerprint density at radius 1 is 1.21 bits per heavy atom. The van der Waals surface area contributed by atoms with E-state index in [0.717, 1.165) is 60.2 Å². The standard InChI is InChI=1S/C25H37NO2/c1-3-15-12-16-13-17(26-27)6-7-18(16)19-8-10-24(4-2)23(22(15)19)20-14-21(20)25(24)9-5-11-28-25/h13,15,18-23,27H,3-12,14H2,1-2H3/b26-17+/t15?,18?,19?,20?,21?,22?,23?,24?,25-/m0/s1. The summed E-state index contributed by atoms with van der Waals surface area (Å²) >= 11 is 0. The van der Waals surface area contributed by atoms with Crippen LogP contribution in [0.25, 0.3) is 0 Å². The fraction of sp³-hybridized carbons (Fsp3) is 0.880. The van der Waals surface area contributed by atoms with Crippen molar-refractivity contribution in [3.63, 3.8) is 0 Å². The zero-order chi connectivity index (χ0) is 19.1. The van der Waals surface area contributed by atoms with Crippen LogP contribution in [0, 0.1) is 46.8 Å². The van der Waals surface area contributed by atoms with Crippen LogP contribution in [-0.4, -0.2) is 23.1 Å². The van der Waals surface area contributed by atoms with Crippen molar-refractivity contribution < 1.29 is 9.94 Å². The first-order chi connectivity index (χ1) is 13.7. The molecule has 0 amide bonds. The molecule has 154 valence electrons. The van der Waals surface area contributed by atoms with Gasteiger partial charge in [0.25, 0.3) is 0 Å². The highest BCUT2D eigenvalue weighted by Crippen LogP contribution is 2.79. The second kappa shape index (κ2) is 6.09. The summed E-state index contributed by atoms with van der Waals surface area (Å²) in [5.41, 5.74) is 3.26. The van der Waals surface area contributed by atoms with Crippen LogP contribution in [-0.2, 0) is 4.74 Å². The maximum atomic E-state index is 9.31. The van der Waals surface area contributed by atoms with Gasteiger partial charge in [-0.25, -0.2) is 0 Å². The van der Waals surface area contributed by atoms with Gasteiger partial charge in [0.05, 0.1) is 11.3 Å². The van der Waals surface area contributed by atoms with Gasteiger partial charge >= 0.3 is 0 Å². The lowest BCUT2D eigenvalue weighted by molar-refractivity contribution is -0.166. The van der Waals surface area contributed by atoms with Gasteiger partial charge in [-0.05, 0) is 105 Å². The van der Waals surface area contributed by atoms with E-state index in [1.165, 1.54) is 57.8 Å². The van der Waals surface area contributed by atoms with Crippen molar-refractivity contribution in [1.29, 1.82) is 0 Å². The summed E-state index contributed by atoms with van der Waals surface area (Å²) < 4.78 is 6.75. The minimum atomic E-state index is 0.250. The fourth-order valence-electron chi connectivity index (χ4n) is 9.81. The molecule has 28 heavy (non-hydrogen) atoms. The van der Waals surface area contributed by atoms with Crippen molar-refractivity contribution in [3.8, 4) is 0 Å². The van der Waals surface area contributed by atoms with Crippen LogP contribution in [0.1, 0.15) is 78.1 Å². The van der Waals surface area contributed by atoms with Crippen LogP contribution < -0.4 is 0 Å². The Morgan fingerprint density at radius 2 is 2.11 bits per heavy atom. The number of hydrogen-bond acceptors (Lipinski definition) is 3. The number of oxime groups is 1. The summed E-state index contributed by atoms with van der Waals surface area (Å²) in [6, 6.07) is 0. The lowest BCUT2D eigenvalue weighted by Gasteiger charge is -2.60. The van der Waals surface area contributed by atoms with Crippen molar-refractivity contribution in [2.24, 2.45) is 52.0 Å². The highest BCUT2D eigenvalue weighted by molar-refractivity contribution is 5.96. The molecule has 0 bridgehead atoms. The van der Waals surface area contributed by atoms with Gasteiger partial charge in [-0.1, -0.05) is 31.0 Å². The molecule has 0 radical (unpaired) electrons. The number of allylic oxidation sites excluding steroid dienone is 2. The van der Waals surface area contributed by atoms with Crippen molar-refractivity contribution in [2.75, 3.05) is 6.61 Å². The van der Waals surface area contributed by atoms with Gasteiger partial charge < -0.3 is 9.94 Å². The van der Waals surface area contributed by atoms with E-state index in [4.69, 9.17) is 4.74 Å². The van der Waals surface area contributed by atoms with E-state index in [2.05, 4.69) is 25.1 Å². The molecule has 3 heteroatoms. The Bertz CT molecular complexity index is 720. The molecule has 1 N–H and O–H groups in total. The van der Waals surface area contributed by atoms with Gasteiger partial charge in [-0.2, -0.15) is 0 Å². The SMILES string of the molecule is CCC1CC2=C/C(=N/O)CCC2C2CCC3(CC)C(C4CC4[C@@]34CCCO4)C12. The highest BCUT2D eigenvalue weighted by atomic mass is 16.5. The van der Waals surface area contributed by atoms with Crippen LogP contribution in [0.4, 0.5) is 0 Å². The van der Waals surface area contributed by atoms with Crippen LogP contribution in [0.5, 0.6) is 0 Å². The summed E-state index contributed by atoms with van der Waals surface area (Å²) in [6.45, 7) is 5.93. The van der Waals surface area contributed by atoms with E-state index < -0.39 is 0 Å². The van der Waals surface area contributed by atoms with Gasteiger partial charge in [0.2, 0.25) is 0 Å². The van der Waals surface area contributed by atoms with E-state index >= 15 is 0 Å². The third-order valence-electron chi connectivity index (χ3n) is 10.6. The zero-order valence-corrected chi connectivity index (χ0v) is 17.7. The molecule has 1 spiro atoms. The normalized spacial score (nSPS) is 55.4. The largest absolute Gasteiger partial charge is 0.411 e. The third-order valence-corrected chi connectivity index (χ3v) is 10.6. The first-order valence-electron chi connectivity index (χ1n) is 12.2. The summed E-state index contributed by atoms with van der Waals surface area (Å²) in [5.74, 6) is 6.11. The summed E-state index contributed by atoms with van der Waals surface area (Å²) in [5, 5.41) is 12.9. The zero-order valence-electron chi connectivity index (χ0n) is 17.7. The quantitative estimate of drug-likeness (QED) is 0.482. The van der Waals surface area contributed by atoms with Gasteiger partial charge in [-0.15, -0.1) is 0 Å². The monoisotopic (exact) mass is 383 g/mol. The van der Waals surface area contributed by atoms with Crippen molar-refractivity contribution in [3.05, 3.63) is 11.6 Å². The molecule has 1 heterocycles. The van der Waals surface area contributed by atoms with E-state index in [1.54, 1.807) is 5.57 Å². The maximum absolute atomic E-state index is 9.31. The average Bonchev–Trinajstić information content (AvgIpc) is 3.31. The molecular formula is C25H37NO2. The fourth-order valence-corrected chi connectivity index (χ4v) is 9.81. The molecule has 5 aliphatic carbocycles. The second-order valence-corrected chi connectivity index (χ2v) is 11.0. The number of fused-ring (bicyclic) bond motifs is 9. The first kappa shape index (κ1) is 18.0. The van der Waals surface area contributed by atoms with E-state index in [0.29, 0.717) is 5.41 Å².